The standard InChI is InChI=1S/C20H22F2N4O2/c1-14(19(27)23-16-6-4-5-15(21)13-16)25-9-11-26(12-10-25)20(28)24-18-8-3-2-7-17(18)22/h2-8,13-14H,9-12H2,1H3,(H,23,27)(H,24,28). The monoisotopic (exact) mass is 388 g/mol. The molecule has 1 aliphatic heterocycles. The fourth-order valence-corrected chi connectivity index (χ4v) is 3.05. The summed E-state index contributed by atoms with van der Waals surface area (Å²) in [4.78, 5) is 28.3. The predicted octanol–water partition coefficient (Wildman–Crippen LogP) is 3.14. The van der Waals surface area contributed by atoms with Crippen molar-refractivity contribution in [3.05, 3.63) is 60.2 Å². The molecule has 3 rings (SSSR count). The maximum Gasteiger partial charge on any atom is 0.322 e. The number of benzene rings is 2. The van der Waals surface area contributed by atoms with Crippen LogP contribution in [0.25, 0.3) is 0 Å². The van der Waals surface area contributed by atoms with Gasteiger partial charge in [-0.15, -0.1) is 0 Å². The van der Waals surface area contributed by atoms with Gasteiger partial charge in [0.05, 0.1) is 11.7 Å². The fourth-order valence-electron chi connectivity index (χ4n) is 3.05. The summed E-state index contributed by atoms with van der Waals surface area (Å²) >= 11 is 0. The van der Waals surface area contributed by atoms with E-state index in [-0.39, 0.29) is 17.6 Å². The number of nitrogens with one attached hydrogen (secondary N) is 2. The van der Waals surface area contributed by atoms with Crippen molar-refractivity contribution in [1.82, 2.24) is 9.80 Å². The molecule has 28 heavy (non-hydrogen) atoms. The minimum Gasteiger partial charge on any atom is -0.325 e. The first kappa shape index (κ1) is 19.8. The van der Waals surface area contributed by atoms with Gasteiger partial charge >= 0.3 is 6.03 Å². The lowest BCUT2D eigenvalue weighted by atomic mass is 10.2. The van der Waals surface area contributed by atoms with E-state index in [9.17, 15) is 18.4 Å². The topological polar surface area (TPSA) is 64.7 Å². The number of piperazine rings is 1. The largest absolute Gasteiger partial charge is 0.325 e. The Bertz CT molecular complexity index is 854. The van der Waals surface area contributed by atoms with Crippen LogP contribution < -0.4 is 10.6 Å². The van der Waals surface area contributed by atoms with Crippen LogP contribution in [0.5, 0.6) is 0 Å². The third-order valence-electron chi connectivity index (χ3n) is 4.74. The molecule has 1 aliphatic rings. The molecular weight excluding hydrogens is 366 g/mol. The molecule has 148 valence electrons. The lowest BCUT2D eigenvalue weighted by Crippen LogP contribution is -2.54. The quantitative estimate of drug-likeness (QED) is 0.846. The number of hydrogen-bond acceptors (Lipinski definition) is 3. The minimum atomic E-state index is -0.489. The van der Waals surface area contributed by atoms with E-state index in [1.165, 1.54) is 30.3 Å². The van der Waals surface area contributed by atoms with Gasteiger partial charge < -0.3 is 15.5 Å². The molecule has 6 nitrogen and oxygen atoms in total. The van der Waals surface area contributed by atoms with Gasteiger partial charge in [-0.05, 0) is 37.3 Å². The Morgan fingerprint density at radius 3 is 2.36 bits per heavy atom. The van der Waals surface area contributed by atoms with Gasteiger partial charge in [0.15, 0.2) is 0 Å². The lowest BCUT2D eigenvalue weighted by molar-refractivity contribution is -0.121. The molecule has 0 radical (unpaired) electrons. The highest BCUT2D eigenvalue weighted by molar-refractivity contribution is 5.94. The van der Waals surface area contributed by atoms with Crippen LogP contribution in [0.3, 0.4) is 0 Å². The van der Waals surface area contributed by atoms with Gasteiger partial charge in [0, 0.05) is 31.9 Å². The fraction of sp³-hybridized carbons (Fsp3) is 0.300. The molecule has 2 N–H and O–H groups in total. The van der Waals surface area contributed by atoms with Gasteiger partial charge in [-0.3, -0.25) is 9.69 Å². The maximum atomic E-state index is 13.7. The van der Waals surface area contributed by atoms with Crippen LogP contribution in [0, 0.1) is 11.6 Å². The van der Waals surface area contributed by atoms with Crippen LogP contribution in [0.15, 0.2) is 48.5 Å². The molecule has 1 atom stereocenters. The van der Waals surface area contributed by atoms with Gasteiger partial charge in [-0.2, -0.15) is 0 Å². The van der Waals surface area contributed by atoms with Crippen LogP contribution in [-0.4, -0.2) is 54.0 Å². The second-order valence-electron chi connectivity index (χ2n) is 6.61. The van der Waals surface area contributed by atoms with E-state index in [1.54, 1.807) is 30.0 Å². The SMILES string of the molecule is CC(C(=O)Nc1cccc(F)c1)N1CCN(C(=O)Nc2ccccc2F)CC1. The molecule has 2 aromatic rings. The lowest BCUT2D eigenvalue weighted by Gasteiger charge is -2.37. The van der Waals surface area contributed by atoms with Crippen LogP contribution in [-0.2, 0) is 4.79 Å². The Morgan fingerprint density at radius 2 is 1.68 bits per heavy atom. The number of nitrogens with zero attached hydrogens (tertiary/aromatic N) is 2. The Labute approximate surface area is 162 Å². The summed E-state index contributed by atoms with van der Waals surface area (Å²) in [6.07, 6.45) is 0. The first-order chi connectivity index (χ1) is 13.4. The molecule has 0 spiro atoms. The number of amides is 3. The van der Waals surface area contributed by atoms with Crippen molar-refractivity contribution in [2.75, 3.05) is 36.8 Å². The van der Waals surface area contributed by atoms with E-state index >= 15 is 0 Å². The summed E-state index contributed by atoms with van der Waals surface area (Å²) in [7, 11) is 0. The first-order valence-corrected chi connectivity index (χ1v) is 9.05. The van der Waals surface area contributed by atoms with E-state index in [2.05, 4.69) is 10.6 Å². The van der Waals surface area contributed by atoms with Gasteiger partial charge in [0.1, 0.15) is 11.6 Å². The first-order valence-electron chi connectivity index (χ1n) is 9.05. The van der Waals surface area contributed by atoms with E-state index in [1.807, 2.05) is 4.90 Å². The average molecular weight is 388 g/mol. The zero-order chi connectivity index (χ0) is 20.1. The molecule has 0 aromatic heterocycles. The van der Waals surface area contributed by atoms with Crippen molar-refractivity contribution in [3.8, 4) is 0 Å². The summed E-state index contributed by atoms with van der Waals surface area (Å²) in [6, 6.07) is 10.9. The van der Waals surface area contributed by atoms with Crippen LogP contribution in [0.2, 0.25) is 0 Å². The number of para-hydroxylation sites is 1. The van der Waals surface area contributed by atoms with Crippen molar-refractivity contribution < 1.29 is 18.4 Å². The third-order valence-corrected chi connectivity index (χ3v) is 4.74. The molecule has 3 amide bonds. The summed E-state index contributed by atoms with van der Waals surface area (Å²) in [5, 5.41) is 5.26. The molecule has 1 heterocycles. The second kappa shape index (κ2) is 8.79. The smallest absolute Gasteiger partial charge is 0.322 e. The number of carbonyl (C=O) groups is 2. The number of carbonyl (C=O) groups excluding carboxylic acids is 2. The second-order valence-corrected chi connectivity index (χ2v) is 6.61. The summed E-state index contributed by atoms with van der Waals surface area (Å²) in [6.45, 7) is 3.60. The van der Waals surface area contributed by atoms with Gasteiger partial charge in [0.2, 0.25) is 5.91 Å². The predicted molar refractivity (Wildman–Crippen MR) is 103 cm³/mol. The van der Waals surface area contributed by atoms with Crippen molar-refractivity contribution >= 4 is 23.3 Å². The molecule has 0 bridgehead atoms. The number of hydrogen-bond donors (Lipinski definition) is 2. The van der Waals surface area contributed by atoms with E-state index in [0.717, 1.165) is 0 Å². The third kappa shape index (κ3) is 4.83. The van der Waals surface area contributed by atoms with E-state index < -0.39 is 17.7 Å². The Hall–Kier alpha value is -3.00. The molecule has 2 aromatic carbocycles. The van der Waals surface area contributed by atoms with Gasteiger partial charge in [-0.25, -0.2) is 13.6 Å². The highest BCUT2D eigenvalue weighted by Crippen LogP contribution is 2.15. The molecular formula is C20H22F2N4O2. The molecule has 0 saturated carbocycles. The highest BCUT2D eigenvalue weighted by Gasteiger charge is 2.27. The van der Waals surface area contributed by atoms with Crippen molar-refractivity contribution in [2.45, 2.75) is 13.0 Å². The zero-order valence-corrected chi connectivity index (χ0v) is 15.5. The van der Waals surface area contributed by atoms with Crippen LogP contribution in [0.1, 0.15) is 6.92 Å². The van der Waals surface area contributed by atoms with Gasteiger partial charge in [0.25, 0.3) is 0 Å². The summed E-state index contributed by atoms with van der Waals surface area (Å²) in [5.74, 6) is -1.15. The van der Waals surface area contributed by atoms with Crippen molar-refractivity contribution in [3.63, 3.8) is 0 Å². The van der Waals surface area contributed by atoms with E-state index in [0.29, 0.717) is 31.9 Å². The Balaban J connectivity index is 1.50. The maximum absolute atomic E-state index is 13.7. The number of rotatable bonds is 4. The Morgan fingerprint density at radius 1 is 0.964 bits per heavy atom. The minimum absolute atomic E-state index is 0.137. The molecule has 8 heteroatoms. The summed E-state index contributed by atoms with van der Waals surface area (Å²) < 4.78 is 26.9. The molecule has 1 unspecified atom stereocenters. The zero-order valence-electron chi connectivity index (χ0n) is 15.5. The van der Waals surface area contributed by atoms with Crippen molar-refractivity contribution in [1.29, 1.82) is 0 Å². The highest BCUT2D eigenvalue weighted by atomic mass is 19.1. The summed E-state index contributed by atoms with van der Waals surface area (Å²) in [5.41, 5.74) is 0.539. The number of halogens is 2. The van der Waals surface area contributed by atoms with Crippen LogP contribution in [0.4, 0.5) is 25.0 Å². The van der Waals surface area contributed by atoms with E-state index in [4.69, 9.17) is 0 Å². The molecule has 1 saturated heterocycles. The average Bonchev–Trinajstić information content (AvgIpc) is 2.69. The van der Waals surface area contributed by atoms with Crippen LogP contribution >= 0.6 is 0 Å². The normalized spacial score (nSPS) is 15.8. The Kier molecular flexibility index (Phi) is 6.20. The molecule has 0 aliphatic carbocycles. The van der Waals surface area contributed by atoms with Gasteiger partial charge in [-0.1, -0.05) is 18.2 Å². The molecule has 1 fully saturated rings. The number of urea groups is 1. The van der Waals surface area contributed by atoms with Crippen molar-refractivity contribution in [2.24, 2.45) is 0 Å². The number of anilines is 2.